The smallest absolute Gasteiger partial charge is 0.230 e. The molecule has 130 valence electrons. The lowest BCUT2D eigenvalue weighted by Crippen LogP contribution is -2.44. The second-order valence-electron chi connectivity index (χ2n) is 6.61. The lowest BCUT2D eigenvalue weighted by Gasteiger charge is -2.35. The summed E-state index contributed by atoms with van der Waals surface area (Å²) in [4.78, 5) is 26.7. The molecule has 0 spiro atoms. The molecule has 2 amide bonds. The number of amides is 2. The van der Waals surface area contributed by atoms with E-state index in [0.29, 0.717) is 11.6 Å². The number of halogens is 1. The Morgan fingerprint density at radius 1 is 1.38 bits per heavy atom. The molecule has 2 aliphatic heterocycles. The number of hydrogen-bond donors (Lipinski definition) is 2. The van der Waals surface area contributed by atoms with Crippen LogP contribution in [0.4, 0.5) is 10.1 Å². The van der Waals surface area contributed by atoms with E-state index in [-0.39, 0.29) is 18.2 Å². The molecule has 0 bridgehead atoms. The van der Waals surface area contributed by atoms with Gasteiger partial charge in [-0.15, -0.1) is 0 Å². The van der Waals surface area contributed by atoms with Gasteiger partial charge in [-0.2, -0.15) is 0 Å². The number of likely N-dealkylation sites (tertiary alicyclic amines) is 1. The molecule has 3 rings (SSSR count). The van der Waals surface area contributed by atoms with Crippen molar-refractivity contribution in [3.05, 3.63) is 29.6 Å². The molecule has 1 aromatic carbocycles. The molecule has 0 aliphatic carbocycles. The van der Waals surface area contributed by atoms with Gasteiger partial charge >= 0.3 is 0 Å². The number of nitrogens with one attached hydrogen (secondary N) is 2. The van der Waals surface area contributed by atoms with Crippen LogP contribution in [0.15, 0.2) is 18.2 Å². The quantitative estimate of drug-likeness (QED) is 0.887. The minimum Gasteiger partial charge on any atom is -0.342 e. The Morgan fingerprint density at radius 3 is 2.83 bits per heavy atom. The highest BCUT2D eigenvalue weighted by Gasteiger charge is 2.34. The zero-order chi connectivity index (χ0) is 17.1. The van der Waals surface area contributed by atoms with E-state index in [1.807, 2.05) is 4.90 Å². The van der Waals surface area contributed by atoms with Crippen molar-refractivity contribution in [3.8, 4) is 0 Å². The van der Waals surface area contributed by atoms with Crippen LogP contribution in [0.1, 0.15) is 37.7 Å². The van der Waals surface area contributed by atoms with E-state index >= 15 is 0 Å². The number of fused-ring (bicyclic) bond motifs is 1. The molecule has 1 fully saturated rings. The van der Waals surface area contributed by atoms with Crippen molar-refractivity contribution in [2.24, 2.45) is 5.92 Å². The van der Waals surface area contributed by atoms with Crippen LogP contribution in [0.25, 0.3) is 0 Å². The number of piperidine rings is 1. The number of benzene rings is 1. The van der Waals surface area contributed by atoms with Crippen LogP contribution in [0.3, 0.4) is 0 Å². The average molecular weight is 333 g/mol. The van der Waals surface area contributed by atoms with Gasteiger partial charge in [0.1, 0.15) is 5.82 Å². The molecule has 24 heavy (non-hydrogen) atoms. The Kier molecular flexibility index (Phi) is 5.14. The van der Waals surface area contributed by atoms with Crippen LogP contribution in [-0.2, 0) is 9.59 Å². The molecule has 6 heteroatoms. The fourth-order valence-electron chi connectivity index (χ4n) is 3.58. The van der Waals surface area contributed by atoms with Crippen LogP contribution in [-0.4, -0.2) is 42.9 Å². The van der Waals surface area contributed by atoms with Crippen molar-refractivity contribution in [1.82, 2.24) is 10.2 Å². The molecule has 1 unspecified atom stereocenters. The van der Waals surface area contributed by atoms with Crippen LogP contribution in [0.2, 0.25) is 0 Å². The molecule has 2 heterocycles. The first kappa shape index (κ1) is 16.9. The van der Waals surface area contributed by atoms with Crippen molar-refractivity contribution < 1.29 is 14.0 Å². The average Bonchev–Trinajstić information content (AvgIpc) is 2.58. The van der Waals surface area contributed by atoms with Gasteiger partial charge in [0.15, 0.2) is 0 Å². The molecule has 1 atom stereocenters. The van der Waals surface area contributed by atoms with Crippen molar-refractivity contribution in [1.29, 1.82) is 0 Å². The molecule has 0 aromatic heterocycles. The molecule has 0 radical (unpaired) electrons. The number of rotatable bonds is 4. The van der Waals surface area contributed by atoms with Gasteiger partial charge in [0, 0.05) is 25.2 Å². The Balaban J connectivity index is 1.69. The maximum atomic E-state index is 13.4. The van der Waals surface area contributed by atoms with Crippen LogP contribution in [0.5, 0.6) is 0 Å². The lowest BCUT2D eigenvalue weighted by atomic mass is 9.88. The summed E-state index contributed by atoms with van der Waals surface area (Å²) < 4.78 is 13.4. The zero-order valence-electron chi connectivity index (χ0n) is 14.0. The summed E-state index contributed by atoms with van der Waals surface area (Å²) in [5.41, 5.74) is 1.14. The third kappa shape index (κ3) is 3.59. The monoisotopic (exact) mass is 333 g/mol. The van der Waals surface area contributed by atoms with E-state index < -0.39 is 11.7 Å². The van der Waals surface area contributed by atoms with E-state index in [1.165, 1.54) is 12.1 Å². The first-order valence-electron chi connectivity index (χ1n) is 8.67. The van der Waals surface area contributed by atoms with E-state index in [1.54, 1.807) is 6.07 Å². The lowest BCUT2D eigenvalue weighted by molar-refractivity contribution is -0.136. The van der Waals surface area contributed by atoms with Crippen molar-refractivity contribution >= 4 is 17.5 Å². The summed E-state index contributed by atoms with van der Waals surface area (Å²) in [7, 11) is 0. The minimum absolute atomic E-state index is 0.0143. The topological polar surface area (TPSA) is 61.4 Å². The van der Waals surface area contributed by atoms with Gasteiger partial charge < -0.3 is 15.5 Å². The first-order chi connectivity index (χ1) is 11.6. The normalized spacial score (nSPS) is 21.3. The second-order valence-corrected chi connectivity index (χ2v) is 6.61. The number of carbonyl (C=O) groups is 2. The zero-order valence-corrected chi connectivity index (χ0v) is 14.0. The third-order valence-corrected chi connectivity index (χ3v) is 4.96. The summed E-state index contributed by atoms with van der Waals surface area (Å²) in [6.07, 6.45) is 2.09. The molecule has 0 saturated carbocycles. The Bertz CT molecular complexity index is 627. The molecular weight excluding hydrogens is 309 g/mol. The van der Waals surface area contributed by atoms with E-state index in [4.69, 9.17) is 0 Å². The molecule has 1 aromatic rings. The second kappa shape index (κ2) is 7.30. The predicted octanol–water partition coefficient (Wildman–Crippen LogP) is 2.10. The largest absolute Gasteiger partial charge is 0.342 e. The highest BCUT2D eigenvalue weighted by molar-refractivity contribution is 6.01. The Labute approximate surface area is 141 Å². The van der Waals surface area contributed by atoms with Crippen LogP contribution in [0, 0.1) is 11.7 Å². The molecule has 5 nitrogen and oxygen atoms in total. The Hall–Kier alpha value is -1.95. The molecular formula is C18H24FN3O2. The highest BCUT2D eigenvalue weighted by atomic mass is 19.1. The molecule has 2 aliphatic rings. The van der Waals surface area contributed by atoms with Gasteiger partial charge in [0.25, 0.3) is 0 Å². The van der Waals surface area contributed by atoms with Crippen molar-refractivity contribution in [2.75, 3.05) is 31.5 Å². The molecule has 1 saturated heterocycles. The number of anilines is 1. The molecule has 2 N–H and O–H groups in total. The number of nitrogens with zero attached hydrogens (tertiary/aromatic N) is 1. The van der Waals surface area contributed by atoms with E-state index in [9.17, 15) is 14.0 Å². The maximum absolute atomic E-state index is 13.4. The summed E-state index contributed by atoms with van der Waals surface area (Å²) in [6, 6.07) is 4.25. The highest BCUT2D eigenvalue weighted by Crippen LogP contribution is 2.34. The van der Waals surface area contributed by atoms with Gasteiger partial charge in [-0.25, -0.2) is 4.39 Å². The summed E-state index contributed by atoms with van der Waals surface area (Å²) >= 11 is 0. The van der Waals surface area contributed by atoms with Crippen LogP contribution < -0.4 is 10.6 Å². The fourth-order valence-corrected chi connectivity index (χ4v) is 3.58. The van der Waals surface area contributed by atoms with Crippen molar-refractivity contribution in [3.63, 3.8) is 0 Å². The summed E-state index contributed by atoms with van der Waals surface area (Å²) in [5.74, 6) is -0.552. The van der Waals surface area contributed by atoms with Gasteiger partial charge in [-0.3, -0.25) is 9.59 Å². The standard InChI is InChI=1S/C18H24FN3O2/c1-2-20-11-12-5-7-22(8-6-12)18(24)15-10-17(23)21-16-9-13(19)3-4-14(15)16/h3-4,9,12,15,20H,2,5-8,10-11H2,1H3,(H,21,23). The fraction of sp³-hybridized carbons (Fsp3) is 0.556. The number of carbonyl (C=O) groups excluding carboxylic acids is 2. The van der Waals surface area contributed by atoms with E-state index in [0.717, 1.165) is 44.6 Å². The summed E-state index contributed by atoms with van der Waals surface area (Å²) in [5, 5.41) is 6.02. The Morgan fingerprint density at radius 2 is 2.12 bits per heavy atom. The van der Waals surface area contributed by atoms with E-state index in [2.05, 4.69) is 17.6 Å². The summed E-state index contributed by atoms with van der Waals surface area (Å²) in [6.45, 7) is 5.50. The first-order valence-corrected chi connectivity index (χ1v) is 8.67. The van der Waals surface area contributed by atoms with Crippen LogP contribution >= 0.6 is 0 Å². The third-order valence-electron chi connectivity index (χ3n) is 4.96. The SMILES string of the molecule is CCNCC1CCN(C(=O)C2CC(=O)Nc3cc(F)ccc32)CC1. The van der Waals surface area contributed by atoms with Gasteiger partial charge in [-0.1, -0.05) is 13.0 Å². The minimum atomic E-state index is -0.500. The van der Waals surface area contributed by atoms with Gasteiger partial charge in [-0.05, 0) is 49.5 Å². The van der Waals surface area contributed by atoms with Gasteiger partial charge in [0.2, 0.25) is 11.8 Å². The number of hydrogen-bond acceptors (Lipinski definition) is 3. The van der Waals surface area contributed by atoms with Gasteiger partial charge in [0.05, 0.1) is 5.92 Å². The maximum Gasteiger partial charge on any atom is 0.230 e. The predicted molar refractivity (Wildman–Crippen MR) is 90.2 cm³/mol. The van der Waals surface area contributed by atoms with Crippen molar-refractivity contribution in [2.45, 2.75) is 32.1 Å².